The molecule has 3 rings (SSSR count). The molecule has 2 aromatic rings. The van der Waals surface area contributed by atoms with Crippen LogP contribution in [0.5, 0.6) is 0 Å². The van der Waals surface area contributed by atoms with Crippen molar-refractivity contribution in [2.75, 3.05) is 12.8 Å². The van der Waals surface area contributed by atoms with Gasteiger partial charge in [0.05, 0.1) is 21.2 Å². The molecule has 2 heterocycles. The molecule has 0 spiro atoms. The molecule has 128 valence electrons. The predicted molar refractivity (Wildman–Crippen MR) is 94.5 cm³/mol. The van der Waals surface area contributed by atoms with E-state index in [0.717, 1.165) is 9.18 Å². The van der Waals surface area contributed by atoms with Crippen molar-refractivity contribution in [1.82, 2.24) is 9.62 Å². The van der Waals surface area contributed by atoms with Crippen LogP contribution >= 0.6 is 22.9 Å². The smallest absolute Gasteiger partial charge is 0.239 e. The van der Waals surface area contributed by atoms with Crippen LogP contribution < -0.4 is 5.32 Å². The van der Waals surface area contributed by atoms with Gasteiger partial charge in [-0.3, -0.25) is 5.41 Å². The highest BCUT2D eigenvalue weighted by Crippen LogP contribution is 2.42. The number of thiophene rings is 1. The monoisotopic (exact) mass is 387 g/mol. The van der Waals surface area contributed by atoms with Gasteiger partial charge in [0.15, 0.2) is 0 Å². The quantitative estimate of drug-likeness (QED) is 0.830. The summed E-state index contributed by atoms with van der Waals surface area (Å²) in [4.78, 5) is 1.34. The van der Waals surface area contributed by atoms with Gasteiger partial charge in [-0.05, 0) is 30.7 Å². The summed E-state index contributed by atoms with van der Waals surface area (Å²) in [5, 5.41) is 11.2. The first-order chi connectivity index (χ1) is 11.1. The second-order valence-corrected chi connectivity index (χ2v) is 9.29. The zero-order valence-electron chi connectivity index (χ0n) is 12.9. The summed E-state index contributed by atoms with van der Waals surface area (Å²) in [5.74, 6) is -0.783. The van der Waals surface area contributed by atoms with E-state index < -0.39 is 15.6 Å². The van der Waals surface area contributed by atoms with Crippen LogP contribution in [0.2, 0.25) is 5.02 Å². The van der Waals surface area contributed by atoms with Gasteiger partial charge in [0.25, 0.3) is 0 Å². The minimum atomic E-state index is -3.61. The molecule has 1 saturated heterocycles. The van der Waals surface area contributed by atoms with Gasteiger partial charge in [-0.15, -0.1) is 11.3 Å². The van der Waals surface area contributed by atoms with Gasteiger partial charge in [-0.2, -0.15) is 0 Å². The molecule has 0 aliphatic carbocycles. The van der Waals surface area contributed by atoms with E-state index in [1.54, 1.807) is 25.1 Å². The topological polar surface area (TPSA) is 73.3 Å². The van der Waals surface area contributed by atoms with Crippen molar-refractivity contribution in [2.24, 2.45) is 0 Å². The number of nitrogens with one attached hydrogen (secondary N) is 2. The van der Waals surface area contributed by atoms with Crippen molar-refractivity contribution in [3.63, 3.8) is 0 Å². The maximum Gasteiger partial charge on any atom is 0.239 e. The van der Waals surface area contributed by atoms with Crippen molar-refractivity contribution in [3.05, 3.63) is 46.0 Å². The molecule has 0 unspecified atom stereocenters. The molecule has 1 aliphatic rings. The van der Waals surface area contributed by atoms with Gasteiger partial charge < -0.3 is 5.32 Å². The Morgan fingerprint density at radius 2 is 2.12 bits per heavy atom. The van der Waals surface area contributed by atoms with Crippen LogP contribution in [-0.4, -0.2) is 31.5 Å². The number of hydrogen-bond acceptors (Lipinski definition) is 4. The minimum absolute atomic E-state index is 0.208. The summed E-state index contributed by atoms with van der Waals surface area (Å²) in [7, 11) is -2.28. The standard InChI is InChI=1S/C15H15ClFN3O2S2/c1-15(8-24(21,22)20(2)14(18)19-15)13-11(16)7-12(23-13)9-4-3-5-10(17)6-9/h3-7H,8H2,1-2H3,(H2,18,19)/t15-/m0/s1. The third kappa shape index (κ3) is 2.89. The molecule has 1 aromatic carbocycles. The Morgan fingerprint density at radius 1 is 1.42 bits per heavy atom. The fraction of sp³-hybridized carbons (Fsp3) is 0.267. The second-order valence-electron chi connectivity index (χ2n) is 5.83. The number of halogens is 2. The lowest BCUT2D eigenvalue weighted by Gasteiger charge is -2.39. The summed E-state index contributed by atoms with van der Waals surface area (Å²) in [6.07, 6.45) is 0. The third-order valence-electron chi connectivity index (χ3n) is 3.89. The third-order valence-corrected chi connectivity index (χ3v) is 7.71. The van der Waals surface area contributed by atoms with Crippen LogP contribution in [0.25, 0.3) is 10.4 Å². The van der Waals surface area contributed by atoms with E-state index in [1.165, 1.54) is 30.5 Å². The van der Waals surface area contributed by atoms with Gasteiger partial charge in [0.1, 0.15) is 5.82 Å². The van der Waals surface area contributed by atoms with Gasteiger partial charge in [0, 0.05) is 11.9 Å². The van der Waals surface area contributed by atoms with Crippen LogP contribution in [0.1, 0.15) is 11.8 Å². The number of rotatable bonds is 2. The molecule has 1 fully saturated rings. The number of benzene rings is 1. The fourth-order valence-corrected chi connectivity index (χ4v) is 5.83. The SMILES string of the molecule is CN1C(=N)N[C@](C)(c2sc(-c3cccc(F)c3)cc2Cl)CS1(=O)=O. The van der Waals surface area contributed by atoms with Crippen molar-refractivity contribution in [3.8, 4) is 10.4 Å². The van der Waals surface area contributed by atoms with E-state index in [4.69, 9.17) is 17.0 Å². The molecule has 0 bridgehead atoms. The first-order valence-corrected chi connectivity index (χ1v) is 9.82. The first-order valence-electron chi connectivity index (χ1n) is 7.01. The van der Waals surface area contributed by atoms with Crippen LogP contribution in [0.3, 0.4) is 0 Å². The van der Waals surface area contributed by atoms with E-state index in [-0.39, 0.29) is 17.5 Å². The van der Waals surface area contributed by atoms with Gasteiger partial charge in [0.2, 0.25) is 16.0 Å². The van der Waals surface area contributed by atoms with E-state index in [1.807, 2.05) is 0 Å². The predicted octanol–water partition coefficient (Wildman–Crippen LogP) is 3.22. The Kier molecular flexibility index (Phi) is 4.09. The van der Waals surface area contributed by atoms with Crippen molar-refractivity contribution in [1.29, 1.82) is 5.41 Å². The summed E-state index contributed by atoms with van der Waals surface area (Å²) in [6, 6.07) is 7.81. The molecule has 24 heavy (non-hydrogen) atoms. The molecule has 9 heteroatoms. The highest BCUT2D eigenvalue weighted by molar-refractivity contribution is 7.89. The van der Waals surface area contributed by atoms with Crippen LogP contribution in [0, 0.1) is 11.2 Å². The van der Waals surface area contributed by atoms with Gasteiger partial charge in [-0.25, -0.2) is 17.1 Å². The van der Waals surface area contributed by atoms with E-state index >= 15 is 0 Å². The Hall–Kier alpha value is -1.64. The number of guanidine groups is 1. The Labute approximate surface area is 148 Å². The Balaban J connectivity index is 2.06. The minimum Gasteiger partial charge on any atom is -0.344 e. The summed E-state index contributed by atoms with van der Waals surface area (Å²) >= 11 is 7.62. The highest BCUT2D eigenvalue weighted by Gasteiger charge is 2.43. The molecule has 2 N–H and O–H groups in total. The van der Waals surface area contributed by atoms with Crippen molar-refractivity contribution < 1.29 is 12.8 Å². The lowest BCUT2D eigenvalue weighted by atomic mass is 10.0. The van der Waals surface area contributed by atoms with Crippen molar-refractivity contribution >= 4 is 38.9 Å². The number of nitrogens with zero attached hydrogens (tertiary/aromatic N) is 1. The lowest BCUT2D eigenvalue weighted by molar-refractivity contribution is 0.424. The van der Waals surface area contributed by atoms with Crippen LogP contribution in [0.4, 0.5) is 4.39 Å². The lowest BCUT2D eigenvalue weighted by Crippen LogP contribution is -2.60. The normalized spacial score (nSPS) is 23.2. The Bertz CT molecular complexity index is 929. The maximum absolute atomic E-state index is 13.4. The molecule has 0 saturated carbocycles. The molecule has 1 aliphatic heterocycles. The zero-order chi connectivity index (χ0) is 17.7. The highest BCUT2D eigenvalue weighted by atomic mass is 35.5. The molecule has 0 amide bonds. The summed E-state index contributed by atoms with van der Waals surface area (Å²) in [5.41, 5.74) is -0.349. The molecular formula is C15H15ClFN3O2S2. The second kappa shape index (κ2) is 5.72. The molecule has 5 nitrogen and oxygen atoms in total. The Morgan fingerprint density at radius 3 is 2.75 bits per heavy atom. The van der Waals surface area contributed by atoms with E-state index in [9.17, 15) is 12.8 Å². The summed E-state index contributed by atoms with van der Waals surface area (Å²) in [6.45, 7) is 1.69. The molecule has 0 radical (unpaired) electrons. The van der Waals surface area contributed by atoms with Crippen LogP contribution in [-0.2, 0) is 15.6 Å². The maximum atomic E-state index is 13.4. The average Bonchev–Trinajstić information content (AvgIpc) is 2.87. The van der Waals surface area contributed by atoms with Crippen LogP contribution in [0.15, 0.2) is 30.3 Å². The average molecular weight is 388 g/mol. The fourth-order valence-electron chi connectivity index (χ4n) is 2.63. The van der Waals surface area contributed by atoms with E-state index in [0.29, 0.717) is 15.5 Å². The zero-order valence-corrected chi connectivity index (χ0v) is 15.3. The molecular weight excluding hydrogens is 373 g/mol. The number of hydrogen-bond donors (Lipinski definition) is 2. The largest absolute Gasteiger partial charge is 0.344 e. The van der Waals surface area contributed by atoms with Gasteiger partial charge in [-0.1, -0.05) is 23.7 Å². The number of sulfonamides is 1. The van der Waals surface area contributed by atoms with Gasteiger partial charge >= 0.3 is 0 Å². The molecule has 1 aromatic heterocycles. The van der Waals surface area contributed by atoms with E-state index in [2.05, 4.69) is 5.32 Å². The first kappa shape index (κ1) is 17.2. The molecule has 1 atom stereocenters. The summed E-state index contributed by atoms with van der Waals surface area (Å²) < 4.78 is 38.9. The van der Waals surface area contributed by atoms with Crippen molar-refractivity contribution in [2.45, 2.75) is 12.5 Å².